The van der Waals surface area contributed by atoms with E-state index in [1.54, 1.807) is 12.5 Å². The van der Waals surface area contributed by atoms with Gasteiger partial charge in [0, 0.05) is 40.6 Å². The Balaban J connectivity index is 2.69. The fourth-order valence-electron chi connectivity index (χ4n) is 1.05. The van der Waals surface area contributed by atoms with Crippen LogP contribution in [-0.2, 0) is 10.8 Å². The molecule has 0 aromatic carbocycles. The molecule has 0 fully saturated rings. The van der Waals surface area contributed by atoms with E-state index >= 15 is 0 Å². The topological polar surface area (TPSA) is 92.9 Å². The molecule has 0 spiro atoms. The molecule has 0 bridgehead atoms. The molecular formula is C9H17N5OS. The SMILES string of the molecule is Cc1cnc(NN)nc1NCC(C)S(C)=O. The Hall–Kier alpha value is -1.21. The molecule has 90 valence electrons. The second-order valence-electron chi connectivity index (χ2n) is 3.56. The van der Waals surface area contributed by atoms with E-state index in [1.165, 1.54) is 0 Å². The maximum Gasteiger partial charge on any atom is 0.239 e. The van der Waals surface area contributed by atoms with Crippen LogP contribution in [0.15, 0.2) is 6.20 Å². The van der Waals surface area contributed by atoms with Crippen LogP contribution in [0.1, 0.15) is 12.5 Å². The number of hydrazine groups is 1. The molecule has 1 aromatic rings. The van der Waals surface area contributed by atoms with Crippen LogP contribution in [0.25, 0.3) is 0 Å². The van der Waals surface area contributed by atoms with Crippen molar-refractivity contribution in [2.45, 2.75) is 19.1 Å². The van der Waals surface area contributed by atoms with Crippen molar-refractivity contribution >= 4 is 22.6 Å². The summed E-state index contributed by atoms with van der Waals surface area (Å²) in [6.07, 6.45) is 3.37. The highest BCUT2D eigenvalue weighted by atomic mass is 32.2. The fraction of sp³-hybridized carbons (Fsp3) is 0.556. The molecule has 0 radical (unpaired) electrons. The summed E-state index contributed by atoms with van der Waals surface area (Å²) in [6, 6.07) is 0. The molecule has 2 atom stereocenters. The van der Waals surface area contributed by atoms with Gasteiger partial charge >= 0.3 is 0 Å². The van der Waals surface area contributed by atoms with Crippen LogP contribution in [0.3, 0.4) is 0 Å². The van der Waals surface area contributed by atoms with E-state index in [2.05, 4.69) is 20.7 Å². The average Bonchev–Trinajstić information content (AvgIpc) is 2.27. The van der Waals surface area contributed by atoms with E-state index in [1.807, 2.05) is 13.8 Å². The summed E-state index contributed by atoms with van der Waals surface area (Å²) in [5, 5.41) is 3.20. The van der Waals surface area contributed by atoms with Gasteiger partial charge < -0.3 is 5.32 Å². The van der Waals surface area contributed by atoms with Crippen LogP contribution >= 0.6 is 0 Å². The molecule has 2 unspecified atom stereocenters. The molecule has 0 amide bonds. The molecular weight excluding hydrogens is 226 g/mol. The van der Waals surface area contributed by atoms with E-state index in [0.717, 1.165) is 5.56 Å². The Morgan fingerprint density at radius 1 is 1.62 bits per heavy atom. The monoisotopic (exact) mass is 243 g/mol. The van der Waals surface area contributed by atoms with Crippen LogP contribution < -0.4 is 16.6 Å². The number of hydrogen-bond acceptors (Lipinski definition) is 6. The lowest BCUT2D eigenvalue weighted by molar-refractivity contribution is 0.678. The third kappa shape index (κ3) is 3.42. The third-order valence-electron chi connectivity index (χ3n) is 2.22. The zero-order valence-corrected chi connectivity index (χ0v) is 10.5. The van der Waals surface area contributed by atoms with E-state index in [4.69, 9.17) is 5.84 Å². The van der Waals surface area contributed by atoms with Crippen molar-refractivity contribution in [2.24, 2.45) is 5.84 Å². The predicted molar refractivity (Wildman–Crippen MR) is 66.6 cm³/mol. The number of nitrogens with zero attached hydrogens (tertiary/aromatic N) is 2. The van der Waals surface area contributed by atoms with E-state index in [9.17, 15) is 4.21 Å². The number of hydrogen-bond donors (Lipinski definition) is 3. The number of nitrogens with two attached hydrogens (primary N) is 1. The van der Waals surface area contributed by atoms with Crippen LogP contribution in [0, 0.1) is 6.92 Å². The van der Waals surface area contributed by atoms with Gasteiger partial charge in [0.15, 0.2) is 0 Å². The molecule has 16 heavy (non-hydrogen) atoms. The summed E-state index contributed by atoms with van der Waals surface area (Å²) in [5.41, 5.74) is 3.31. The highest BCUT2D eigenvalue weighted by Crippen LogP contribution is 2.12. The van der Waals surface area contributed by atoms with Crippen molar-refractivity contribution in [3.63, 3.8) is 0 Å². The Morgan fingerprint density at radius 3 is 2.88 bits per heavy atom. The molecule has 0 aliphatic carbocycles. The van der Waals surface area contributed by atoms with E-state index in [-0.39, 0.29) is 5.25 Å². The van der Waals surface area contributed by atoms with Gasteiger partial charge in [0.05, 0.1) is 0 Å². The normalized spacial score (nSPS) is 14.2. The quantitative estimate of drug-likeness (QED) is 0.507. The van der Waals surface area contributed by atoms with Gasteiger partial charge in [-0.1, -0.05) is 0 Å². The summed E-state index contributed by atoms with van der Waals surface area (Å²) in [5.74, 6) is 6.29. The summed E-state index contributed by atoms with van der Waals surface area (Å²) in [7, 11) is -0.844. The number of rotatable bonds is 5. The highest BCUT2D eigenvalue weighted by molar-refractivity contribution is 7.84. The Morgan fingerprint density at radius 2 is 2.31 bits per heavy atom. The standard InChI is InChI=1S/C9H17N5OS/c1-6-4-12-9(14-10)13-8(6)11-5-7(2)16(3)15/h4,7H,5,10H2,1-3H3,(H2,11,12,13,14). The first-order chi connectivity index (χ1) is 7.54. The molecule has 7 heteroatoms. The largest absolute Gasteiger partial charge is 0.368 e. The van der Waals surface area contributed by atoms with Gasteiger partial charge in [0.2, 0.25) is 5.95 Å². The van der Waals surface area contributed by atoms with E-state index in [0.29, 0.717) is 18.3 Å². The van der Waals surface area contributed by atoms with Crippen molar-refractivity contribution in [1.82, 2.24) is 9.97 Å². The van der Waals surface area contributed by atoms with Crippen LogP contribution in [0.4, 0.5) is 11.8 Å². The highest BCUT2D eigenvalue weighted by Gasteiger charge is 2.08. The minimum Gasteiger partial charge on any atom is -0.368 e. The van der Waals surface area contributed by atoms with Gasteiger partial charge in [-0.2, -0.15) is 4.98 Å². The number of anilines is 2. The van der Waals surface area contributed by atoms with Crippen LogP contribution in [-0.4, -0.2) is 32.2 Å². The molecule has 6 nitrogen and oxygen atoms in total. The average molecular weight is 243 g/mol. The molecule has 0 saturated heterocycles. The number of nitrogens with one attached hydrogen (secondary N) is 2. The number of nitrogen functional groups attached to an aromatic ring is 1. The number of aromatic nitrogens is 2. The minimum absolute atomic E-state index is 0.0728. The third-order valence-corrected chi connectivity index (χ3v) is 3.52. The van der Waals surface area contributed by atoms with Gasteiger partial charge in [-0.3, -0.25) is 9.63 Å². The molecule has 4 N–H and O–H groups in total. The lowest BCUT2D eigenvalue weighted by Crippen LogP contribution is -2.22. The first-order valence-electron chi connectivity index (χ1n) is 4.91. The Labute approximate surface area is 97.5 Å². The maximum atomic E-state index is 11.2. The smallest absolute Gasteiger partial charge is 0.239 e. The van der Waals surface area contributed by atoms with Gasteiger partial charge in [-0.05, 0) is 13.8 Å². The Bertz CT molecular complexity index is 384. The van der Waals surface area contributed by atoms with Crippen molar-refractivity contribution in [1.29, 1.82) is 0 Å². The molecule has 0 aliphatic rings. The molecule has 1 aromatic heterocycles. The van der Waals surface area contributed by atoms with Crippen molar-refractivity contribution in [3.8, 4) is 0 Å². The molecule has 0 saturated carbocycles. The first-order valence-corrected chi connectivity index (χ1v) is 6.53. The fourth-order valence-corrected chi connectivity index (χ4v) is 1.37. The van der Waals surface area contributed by atoms with Crippen molar-refractivity contribution in [2.75, 3.05) is 23.5 Å². The van der Waals surface area contributed by atoms with Gasteiger partial charge in [0.1, 0.15) is 5.82 Å². The van der Waals surface area contributed by atoms with Gasteiger partial charge in [-0.15, -0.1) is 0 Å². The summed E-state index contributed by atoms with van der Waals surface area (Å²) >= 11 is 0. The molecule has 0 aliphatic heterocycles. The minimum atomic E-state index is -0.844. The first kappa shape index (κ1) is 12.9. The van der Waals surface area contributed by atoms with Gasteiger partial charge in [0.25, 0.3) is 0 Å². The maximum absolute atomic E-state index is 11.2. The predicted octanol–water partition coefficient (Wildman–Crippen LogP) is 0.250. The van der Waals surface area contributed by atoms with E-state index < -0.39 is 10.8 Å². The van der Waals surface area contributed by atoms with Gasteiger partial charge in [-0.25, -0.2) is 10.8 Å². The molecule has 1 rings (SSSR count). The Kier molecular flexibility index (Phi) is 4.63. The lowest BCUT2D eigenvalue weighted by atomic mass is 10.3. The van der Waals surface area contributed by atoms with Crippen molar-refractivity contribution in [3.05, 3.63) is 11.8 Å². The summed E-state index contributed by atoms with van der Waals surface area (Å²) < 4.78 is 11.2. The summed E-state index contributed by atoms with van der Waals surface area (Å²) in [4.78, 5) is 8.14. The second kappa shape index (κ2) is 5.76. The summed E-state index contributed by atoms with van der Waals surface area (Å²) in [6.45, 7) is 4.42. The zero-order valence-electron chi connectivity index (χ0n) is 9.65. The van der Waals surface area contributed by atoms with Crippen molar-refractivity contribution < 1.29 is 4.21 Å². The number of aryl methyl sites for hydroxylation is 1. The van der Waals surface area contributed by atoms with Crippen LogP contribution in [0.2, 0.25) is 0 Å². The molecule has 1 heterocycles. The second-order valence-corrected chi connectivity index (χ2v) is 5.36. The van der Waals surface area contributed by atoms with Crippen LogP contribution in [0.5, 0.6) is 0 Å². The zero-order chi connectivity index (χ0) is 12.1. The lowest BCUT2D eigenvalue weighted by Gasteiger charge is -2.12.